The Morgan fingerprint density at radius 3 is 2.85 bits per heavy atom. The minimum Gasteiger partial charge on any atom is -0.381 e. The van der Waals surface area contributed by atoms with E-state index in [1.807, 2.05) is 36.4 Å². The summed E-state index contributed by atoms with van der Waals surface area (Å²) in [5.41, 5.74) is 2.52. The van der Waals surface area contributed by atoms with E-state index in [1.165, 1.54) is 0 Å². The number of rotatable bonds is 5. The number of pyridine rings is 1. The highest BCUT2D eigenvalue weighted by atomic mass is 16.5. The average molecular weight is 350 g/mol. The molecule has 7 heteroatoms. The van der Waals surface area contributed by atoms with Crippen molar-refractivity contribution in [3.8, 4) is 11.4 Å². The molecule has 0 unspecified atom stereocenters. The van der Waals surface area contributed by atoms with Gasteiger partial charge in [0.1, 0.15) is 0 Å². The van der Waals surface area contributed by atoms with Crippen molar-refractivity contribution in [2.75, 3.05) is 18.5 Å². The van der Waals surface area contributed by atoms with E-state index in [2.05, 4.69) is 20.4 Å². The van der Waals surface area contributed by atoms with Crippen molar-refractivity contribution in [1.29, 1.82) is 0 Å². The predicted molar refractivity (Wildman–Crippen MR) is 94.3 cm³/mol. The van der Waals surface area contributed by atoms with Crippen molar-refractivity contribution in [3.05, 3.63) is 60.2 Å². The molecule has 0 radical (unpaired) electrons. The molecule has 7 nitrogen and oxygen atoms in total. The van der Waals surface area contributed by atoms with E-state index in [0.717, 1.165) is 23.2 Å². The molecule has 1 aromatic carbocycles. The quantitative estimate of drug-likeness (QED) is 0.761. The van der Waals surface area contributed by atoms with E-state index in [9.17, 15) is 4.79 Å². The summed E-state index contributed by atoms with van der Waals surface area (Å²) in [6, 6.07) is 11.3. The molecule has 0 bridgehead atoms. The lowest BCUT2D eigenvalue weighted by atomic mass is 10.1. The number of nitrogens with zero attached hydrogens (tertiary/aromatic N) is 3. The lowest BCUT2D eigenvalue weighted by Crippen LogP contribution is -2.23. The topological polar surface area (TPSA) is 90.1 Å². The Hall–Kier alpha value is -3.06. The highest BCUT2D eigenvalue weighted by Gasteiger charge is 2.24. The molecule has 2 aromatic heterocycles. The van der Waals surface area contributed by atoms with Crippen LogP contribution in [-0.2, 0) is 16.0 Å². The molecule has 1 fully saturated rings. The summed E-state index contributed by atoms with van der Waals surface area (Å²) in [5, 5.41) is 7.01. The minimum atomic E-state index is -0.0928. The number of aromatic nitrogens is 3. The van der Waals surface area contributed by atoms with Crippen LogP contribution in [0.15, 0.2) is 53.3 Å². The first kappa shape index (κ1) is 16.4. The van der Waals surface area contributed by atoms with Crippen LogP contribution in [0.3, 0.4) is 0 Å². The van der Waals surface area contributed by atoms with Crippen LogP contribution in [0.2, 0.25) is 0 Å². The standard InChI is InChI=1S/C19H18N4O3/c24-19(15-7-10-25-12-15)21-16-4-2-1-3-14(16)11-17-22-18(23-26-17)13-5-8-20-9-6-13/h1-6,8-9,15H,7,10-12H2,(H,21,24)/t15-/m1/s1. The van der Waals surface area contributed by atoms with Gasteiger partial charge in [-0.2, -0.15) is 4.98 Å². The third-order valence-corrected chi connectivity index (χ3v) is 4.32. The monoisotopic (exact) mass is 350 g/mol. The molecule has 0 spiro atoms. The van der Waals surface area contributed by atoms with Gasteiger partial charge in [-0.15, -0.1) is 0 Å². The minimum absolute atomic E-state index is 0.0158. The summed E-state index contributed by atoms with van der Waals surface area (Å²) < 4.78 is 10.7. The van der Waals surface area contributed by atoms with Crippen LogP contribution in [0.1, 0.15) is 17.9 Å². The van der Waals surface area contributed by atoms with Gasteiger partial charge in [0.25, 0.3) is 0 Å². The number of anilines is 1. The first-order valence-electron chi connectivity index (χ1n) is 8.49. The molecule has 0 aliphatic carbocycles. The third kappa shape index (κ3) is 3.62. The van der Waals surface area contributed by atoms with Crippen molar-refractivity contribution >= 4 is 11.6 Å². The number of carbonyl (C=O) groups excluding carboxylic acids is 1. The molecule has 26 heavy (non-hydrogen) atoms. The van der Waals surface area contributed by atoms with Gasteiger partial charge >= 0.3 is 0 Å². The number of nitrogens with one attached hydrogen (secondary N) is 1. The third-order valence-electron chi connectivity index (χ3n) is 4.32. The Kier molecular flexibility index (Phi) is 4.70. The summed E-state index contributed by atoms with van der Waals surface area (Å²) in [6.07, 6.45) is 4.56. The van der Waals surface area contributed by atoms with Crippen molar-refractivity contribution < 1.29 is 14.1 Å². The molecule has 132 valence electrons. The van der Waals surface area contributed by atoms with Gasteiger partial charge in [0, 0.05) is 30.3 Å². The van der Waals surface area contributed by atoms with Crippen LogP contribution in [0.5, 0.6) is 0 Å². The Bertz CT molecular complexity index is 889. The second-order valence-electron chi connectivity index (χ2n) is 6.13. The first-order chi connectivity index (χ1) is 12.8. The van der Waals surface area contributed by atoms with Gasteiger partial charge in [0.05, 0.1) is 18.9 Å². The molecular weight excluding hydrogens is 332 g/mol. The summed E-state index contributed by atoms with van der Waals surface area (Å²) >= 11 is 0. The fraction of sp³-hybridized carbons (Fsp3) is 0.263. The summed E-state index contributed by atoms with van der Waals surface area (Å²) in [4.78, 5) is 20.8. The van der Waals surface area contributed by atoms with Gasteiger partial charge < -0.3 is 14.6 Å². The van der Waals surface area contributed by atoms with Crippen LogP contribution < -0.4 is 5.32 Å². The molecule has 1 N–H and O–H groups in total. The number of hydrogen-bond acceptors (Lipinski definition) is 6. The maximum atomic E-state index is 12.4. The molecule has 1 atom stereocenters. The maximum absolute atomic E-state index is 12.4. The largest absolute Gasteiger partial charge is 0.381 e. The molecule has 1 aliphatic heterocycles. The molecule has 1 aliphatic rings. The molecule has 4 rings (SSSR count). The van der Waals surface area contributed by atoms with Crippen LogP contribution >= 0.6 is 0 Å². The van der Waals surface area contributed by atoms with Crippen LogP contribution in [0.4, 0.5) is 5.69 Å². The highest BCUT2D eigenvalue weighted by molar-refractivity contribution is 5.93. The van der Waals surface area contributed by atoms with Gasteiger partial charge in [-0.25, -0.2) is 0 Å². The normalized spacial score (nSPS) is 16.5. The zero-order chi connectivity index (χ0) is 17.8. The average Bonchev–Trinajstić information content (AvgIpc) is 3.36. The van der Waals surface area contributed by atoms with Crippen LogP contribution in [0.25, 0.3) is 11.4 Å². The van der Waals surface area contributed by atoms with Crippen molar-refractivity contribution in [2.24, 2.45) is 5.92 Å². The first-order valence-corrected chi connectivity index (χ1v) is 8.49. The predicted octanol–water partition coefficient (Wildman–Crippen LogP) is 2.70. The number of para-hydroxylation sites is 1. The summed E-state index contributed by atoms with van der Waals surface area (Å²) in [7, 11) is 0. The van der Waals surface area contributed by atoms with Gasteiger partial charge in [0.15, 0.2) is 0 Å². The highest BCUT2D eigenvalue weighted by Crippen LogP contribution is 2.22. The zero-order valence-corrected chi connectivity index (χ0v) is 14.1. The molecular formula is C19H18N4O3. The van der Waals surface area contributed by atoms with E-state index in [0.29, 0.717) is 31.3 Å². The SMILES string of the molecule is O=C(Nc1ccccc1Cc1nc(-c2ccncc2)no1)[C@@H]1CCOC1. The number of amides is 1. The van der Waals surface area contributed by atoms with Gasteiger partial charge in [-0.05, 0) is 30.2 Å². The van der Waals surface area contributed by atoms with Crippen LogP contribution in [0, 0.1) is 5.92 Å². The smallest absolute Gasteiger partial charge is 0.231 e. The molecule has 1 saturated heterocycles. The van der Waals surface area contributed by atoms with E-state index in [-0.39, 0.29) is 11.8 Å². The Labute approximate surface area is 150 Å². The second-order valence-corrected chi connectivity index (χ2v) is 6.13. The number of benzene rings is 1. The summed E-state index contributed by atoms with van der Waals surface area (Å²) in [5.74, 6) is 0.900. The van der Waals surface area contributed by atoms with E-state index < -0.39 is 0 Å². The Morgan fingerprint density at radius 1 is 1.19 bits per heavy atom. The molecule has 0 saturated carbocycles. The fourth-order valence-corrected chi connectivity index (χ4v) is 2.88. The van der Waals surface area contributed by atoms with Gasteiger partial charge in [-0.3, -0.25) is 9.78 Å². The maximum Gasteiger partial charge on any atom is 0.231 e. The number of ether oxygens (including phenoxy) is 1. The van der Waals surface area contributed by atoms with Crippen molar-refractivity contribution in [3.63, 3.8) is 0 Å². The Morgan fingerprint density at radius 2 is 2.04 bits per heavy atom. The van der Waals surface area contributed by atoms with E-state index in [1.54, 1.807) is 12.4 Å². The fourth-order valence-electron chi connectivity index (χ4n) is 2.88. The summed E-state index contributed by atoms with van der Waals surface area (Å²) in [6.45, 7) is 1.12. The number of hydrogen-bond donors (Lipinski definition) is 1. The number of carbonyl (C=O) groups is 1. The molecule has 3 heterocycles. The van der Waals surface area contributed by atoms with Crippen molar-refractivity contribution in [1.82, 2.24) is 15.1 Å². The lowest BCUT2D eigenvalue weighted by Gasteiger charge is -2.12. The molecule has 1 amide bonds. The lowest BCUT2D eigenvalue weighted by molar-refractivity contribution is -0.119. The Balaban J connectivity index is 1.50. The second kappa shape index (κ2) is 7.45. The van der Waals surface area contributed by atoms with E-state index in [4.69, 9.17) is 9.26 Å². The van der Waals surface area contributed by atoms with Gasteiger partial charge in [-0.1, -0.05) is 23.4 Å². The van der Waals surface area contributed by atoms with E-state index >= 15 is 0 Å². The van der Waals surface area contributed by atoms with Gasteiger partial charge in [0.2, 0.25) is 17.6 Å². The molecule has 3 aromatic rings. The van der Waals surface area contributed by atoms with Crippen molar-refractivity contribution in [2.45, 2.75) is 12.8 Å². The van der Waals surface area contributed by atoms with Crippen LogP contribution in [-0.4, -0.2) is 34.2 Å². The zero-order valence-electron chi connectivity index (χ0n) is 14.1.